The Morgan fingerprint density at radius 2 is 1.77 bits per heavy atom. The van der Waals surface area contributed by atoms with Crippen molar-refractivity contribution in [3.63, 3.8) is 0 Å². The van der Waals surface area contributed by atoms with Gasteiger partial charge in [-0.25, -0.2) is 9.78 Å². The van der Waals surface area contributed by atoms with Gasteiger partial charge in [0.1, 0.15) is 5.75 Å². The highest BCUT2D eigenvalue weighted by Gasteiger charge is 2.60. The van der Waals surface area contributed by atoms with E-state index in [1.807, 2.05) is 31.3 Å². The van der Waals surface area contributed by atoms with Crippen LogP contribution in [0.3, 0.4) is 0 Å². The number of nitrogens with zero attached hydrogens (tertiary/aromatic N) is 2. The van der Waals surface area contributed by atoms with Crippen LogP contribution in [0.5, 0.6) is 11.6 Å². The van der Waals surface area contributed by atoms with E-state index in [2.05, 4.69) is 20.9 Å². The number of carbonyl (C=O) groups excluding carboxylic acids is 4. The second-order valence-corrected chi connectivity index (χ2v) is 6.96. The van der Waals surface area contributed by atoms with Gasteiger partial charge >= 0.3 is 6.03 Å². The zero-order valence-corrected chi connectivity index (χ0v) is 16.1. The third kappa shape index (κ3) is 3.26. The van der Waals surface area contributed by atoms with Gasteiger partial charge in [-0.3, -0.25) is 29.9 Å². The Morgan fingerprint density at radius 1 is 1.07 bits per heavy atom. The van der Waals surface area contributed by atoms with E-state index in [0.717, 1.165) is 17.0 Å². The molecule has 10 nitrogen and oxygen atoms in total. The summed E-state index contributed by atoms with van der Waals surface area (Å²) < 4.78 is 5.71. The Hall–Kier alpha value is -3.79. The Morgan fingerprint density at radius 3 is 2.37 bits per heavy atom. The number of ether oxygens (including phenoxy) is 1. The molecule has 5 amide bonds. The number of benzene rings is 1. The summed E-state index contributed by atoms with van der Waals surface area (Å²) in [5.41, 5.74) is -0.444. The van der Waals surface area contributed by atoms with Gasteiger partial charge in [0.05, 0.1) is 11.9 Å². The highest BCUT2D eigenvalue weighted by molar-refractivity contribution is 6.28. The molecule has 1 aromatic carbocycles. The number of pyridine rings is 1. The van der Waals surface area contributed by atoms with Crippen LogP contribution in [-0.2, 0) is 20.9 Å². The summed E-state index contributed by atoms with van der Waals surface area (Å²) in [4.78, 5) is 54.2. The molecule has 3 N–H and O–H groups in total. The Bertz CT molecular complexity index is 999. The molecule has 0 aliphatic carbocycles. The van der Waals surface area contributed by atoms with Crippen molar-refractivity contribution in [2.45, 2.75) is 24.9 Å². The maximum atomic E-state index is 12.5. The topological polar surface area (TPSA) is 130 Å². The van der Waals surface area contributed by atoms with Crippen LogP contribution in [0.4, 0.5) is 10.5 Å². The number of barbiturate groups is 1. The normalized spacial score (nSPS) is 17.8. The minimum atomic E-state index is -1.81. The van der Waals surface area contributed by atoms with Crippen LogP contribution in [0.15, 0.2) is 42.6 Å². The Labute approximate surface area is 171 Å². The molecule has 0 bridgehead atoms. The molecule has 0 saturated carbocycles. The van der Waals surface area contributed by atoms with Crippen molar-refractivity contribution in [1.82, 2.24) is 20.9 Å². The van der Waals surface area contributed by atoms with Crippen molar-refractivity contribution >= 4 is 29.4 Å². The summed E-state index contributed by atoms with van der Waals surface area (Å²) in [6.07, 6.45) is 1.31. The van der Waals surface area contributed by atoms with Crippen molar-refractivity contribution in [2.75, 3.05) is 11.9 Å². The van der Waals surface area contributed by atoms with Gasteiger partial charge in [-0.15, -0.1) is 0 Å². The lowest BCUT2D eigenvalue weighted by Crippen LogP contribution is -2.72. The van der Waals surface area contributed by atoms with Gasteiger partial charge in [-0.2, -0.15) is 0 Å². The highest BCUT2D eigenvalue weighted by Crippen LogP contribution is 2.37. The third-order valence-electron chi connectivity index (χ3n) is 5.04. The number of urea groups is 1. The molecule has 3 heterocycles. The quantitative estimate of drug-likeness (QED) is 0.624. The van der Waals surface area contributed by atoms with E-state index in [4.69, 9.17) is 4.74 Å². The van der Waals surface area contributed by atoms with Crippen LogP contribution in [0.2, 0.25) is 0 Å². The largest absolute Gasteiger partial charge is 0.439 e. The predicted molar refractivity (Wildman–Crippen MR) is 105 cm³/mol. The smallest absolute Gasteiger partial charge is 0.328 e. The molecule has 10 heteroatoms. The zero-order chi connectivity index (χ0) is 21.3. The van der Waals surface area contributed by atoms with Crippen molar-refractivity contribution in [3.05, 3.63) is 48.2 Å². The van der Waals surface area contributed by atoms with Crippen LogP contribution in [0, 0.1) is 0 Å². The van der Waals surface area contributed by atoms with E-state index < -0.39 is 29.3 Å². The van der Waals surface area contributed by atoms with Crippen LogP contribution in [0.1, 0.15) is 18.4 Å². The number of imide groups is 2. The van der Waals surface area contributed by atoms with Gasteiger partial charge in [0.2, 0.25) is 17.3 Å². The first kappa shape index (κ1) is 19.5. The van der Waals surface area contributed by atoms with Crippen LogP contribution < -0.4 is 25.6 Å². The maximum Gasteiger partial charge on any atom is 0.328 e. The van der Waals surface area contributed by atoms with E-state index in [9.17, 15) is 19.2 Å². The first-order valence-electron chi connectivity index (χ1n) is 9.31. The number of carbonyl (C=O) groups is 4. The lowest BCUT2D eigenvalue weighted by atomic mass is 9.92. The van der Waals surface area contributed by atoms with Gasteiger partial charge in [-0.05, 0) is 37.2 Å². The molecule has 2 aliphatic rings. The number of anilines is 1. The Kier molecular flexibility index (Phi) is 4.92. The first-order valence-corrected chi connectivity index (χ1v) is 9.31. The summed E-state index contributed by atoms with van der Waals surface area (Å²) in [5.74, 6) is -1.19. The molecule has 30 heavy (non-hydrogen) atoms. The van der Waals surface area contributed by atoms with Gasteiger partial charge in [-0.1, -0.05) is 12.1 Å². The molecule has 0 atom stereocenters. The van der Waals surface area contributed by atoms with E-state index in [-0.39, 0.29) is 24.4 Å². The van der Waals surface area contributed by atoms with E-state index >= 15 is 0 Å². The van der Waals surface area contributed by atoms with Gasteiger partial charge in [0, 0.05) is 19.0 Å². The fourth-order valence-corrected chi connectivity index (χ4v) is 3.63. The van der Waals surface area contributed by atoms with Gasteiger partial charge < -0.3 is 10.1 Å². The summed E-state index contributed by atoms with van der Waals surface area (Å²) >= 11 is 0. The average molecular weight is 409 g/mol. The molecular weight excluding hydrogens is 390 g/mol. The van der Waals surface area contributed by atoms with Gasteiger partial charge in [0.25, 0.3) is 11.8 Å². The summed E-state index contributed by atoms with van der Waals surface area (Å²) in [6, 6.07) is 9.66. The number of aromatic nitrogens is 1. The molecule has 1 aromatic heterocycles. The summed E-state index contributed by atoms with van der Waals surface area (Å²) in [7, 11) is 1.86. The second kappa shape index (κ2) is 7.56. The molecule has 2 saturated heterocycles. The third-order valence-corrected chi connectivity index (χ3v) is 5.04. The van der Waals surface area contributed by atoms with E-state index in [1.54, 1.807) is 12.1 Å². The molecule has 2 aliphatic heterocycles. The van der Waals surface area contributed by atoms with Crippen LogP contribution in [-0.4, -0.2) is 41.3 Å². The van der Waals surface area contributed by atoms with Crippen molar-refractivity contribution in [1.29, 1.82) is 0 Å². The molecule has 154 valence electrons. The van der Waals surface area contributed by atoms with E-state index in [1.165, 1.54) is 6.20 Å². The molecule has 0 radical (unpaired) electrons. The number of hydrogen-bond acceptors (Lipinski definition) is 7. The van der Waals surface area contributed by atoms with Gasteiger partial charge in [0.15, 0.2) is 0 Å². The molecule has 0 unspecified atom stereocenters. The number of nitrogens with one attached hydrogen (secondary N) is 3. The predicted octanol–water partition coefficient (Wildman–Crippen LogP) is 0.825. The minimum absolute atomic E-state index is 0.00769. The number of rotatable bonds is 5. The lowest BCUT2D eigenvalue weighted by molar-refractivity contribution is -0.138. The lowest BCUT2D eigenvalue weighted by Gasteiger charge is -2.37. The second-order valence-electron chi connectivity index (χ2n) is 6.96. The number of hydrogen-bond donors (Lipinski definition) is 3. The summed E-state index contributed by atoms with van der Waals surface area (Å²) in [6.45, 7) is 0.742. The average Bonchev–Trinajstić information content (AvgIpc) is 3.07. The molecule has 2 aromatic rings. The van der Waals surface area contributed by atoms with Crippen LogP contribution >= 0.6 is 0 Å². The maximum absolute atomic E-state index is 12.5. The fraction of sp³-hybridized carbons (Fsp3) is 0.250. The van der Waals surface area contributed by atoms with Crippen molar-refractivity contribution in [2.24, 2.45) is 0 Å². The minimum Gasteiger partial charge on any atom is -0.439 e. The molecular formula is C20H19N5O5. The zero-order valence-electron chi connectivity index (χ0n) is 16.1. The van der Waals surface area contributed by atoms with E-state index in [0.29, 0.717) is 5.75 Å². The fourth-order valence-electron chi connectivity index (χ4n) is 3.63. The van der Waals surface area contributed by atoms with Crippen LogP contribution in [0.25, 0.3) is 0 Å². The summed E-state index contributed by atoms with van der Waals surface area (Å²) in [5, 5.41) is 7.20. The number of amides is 5. The molecule has 4 rings (SSSR count). The Balaban J connectivity index is 1.56. The standard InChI is InChI=1S/C20H19N5O5/c1-21-10-12-2-5-14(6-3-12)30-15-7-4-13(11-22-15)25-16(26)8-9-20(25)17(27)23-19(29)24-18(20)28/h2-7,11,21H,8-10H2,1H3,(H2,23,24,27,28,29). The SMILES string of the molecule is CNCc1ccc(Oc2ccc(N3C(=O)CCC34C(=O)NC(=O)NC4=O)cn2)cc1. The van der Waals surface area contributed by atoms with Crippen molar-refractivity contribution in [3.8, 4) is 11.6 Å². The monoisotopic (exact) mass is 409 g/mol. The highest BCUT2D eigenvalue weighted by atomic mass is 16.5. The first-order chi connectivity index (χ1) is 14.4. The molecule has 2 fully saturated rings. The van der Waals surface area contributed by atoms with Crippen molar-refractivity contribution < 1.29 is 23.9 Å². The molecule has 1 spiro atoms.